The highest BCUT2D eigenvalue weighted by Crippen LogP contribution is 2.36. The number of thiocarbonyl (C=S) groups is 1. The van der Waals surface area contributed by atoms with E-state index in [4.69, 9.17) is 17.3 Å². The van der Waals surface area contributed by atoms with Crippen LogP contribution in [0.2, 0.25) is 0 Å². The molecule has 3 heterocycles. The Bertz CT molecular complexity index is 1040. The summed E-state index contributed by atoms with van der Waals surface area (Å²) < 4.78 is 2.48. The Kier molecular flexibility index (Phi) is 5.48. The third kappa shape index (κ3) is 3.57. The van der Waals surface area contributed by atoms with Gasteiger partial charge >= 0.3 is 0 Å². The van der Waals surface area contributed by atoms with Crippen LogP contribution in [-0.2, 0) is 4.79 Å². The number of thioether (sulfide) groups is 1. The van der Waals surface area contributed by atoms with Gasteiger partial charge in [-0.25, -0.2) is 4.68 Å². The fourth-order valence-electron chi connectivity index (χ4n) is 2.99. The van der Waals surface area contributed by atoms with Crippen LogP contribution in [-0.4, -0.2) is 30.9 Å². The predicted molar refractivity (Wildman–Crippen MR) is 122 cm³/mol. The van der Waals surface area contributed by atoms with Gasteiger partial charge in [-0.2, -0.15) is 5.10 Å². The number of thiophene rings is 1. The van der Waals surface area contributed by atoms with Crippen LogP contribution in [0.3, 0.4) is 0 Å². The zero-order valence-corrected chi connectivity index (χ0v) is 18.0. The first-order valence-electron chi connectivity index (χ1n) is 9.04. The highest BCUT2D eigenvalue weighted by molar-refractivity contribution is 8.26. The van der Waals surface area contributed by atoms with E-state index in [0.717, 1.165) is 28.2 Å². The fourth-order valence-corrected chi connectivity index (χ4v) is 5.18. The number of para-hydroxylation sites is 1. The zero-order valence-electron chi connectivity index (χ0n) is 15.5. The molecule has 0 bridgehead atoms. The van der Waals surface area contributed by atoms with Crippen molar-refractivity contribution < 1.29 is 4.79 Å². The summed E-state index contributed by atoms with van der Waals surface area (Å²) in [4.78, 5) is 16.4. The molecular formula is C21H19N3OS3. The van der Waals surface area contributed by atoms with Gasteiger partial charge in [0.15, 0.2) is 0 Å². The number of rotatable bonds is 5. The van der Waals surface area contributed by atoms with Crippen LogP contribution in [0.15, 0.2) is 58.9 Å². The Morgan fingerprint density at radius 2 is 2.00 bits per heavy atom. The molecule has 4 rings (SSSR count). The monoisotopic (exact) mass is 425 g/mol. The molecule has 0 aliphatic carbocycles. The summed E-state index contributed by atoms with van der Waals surface area (Å²) in [6.45, 7) is 4.09. The third-order valence-electron chi connectivity index (χ3n) is 4.66. The van der Waals surface area contributed by atoms with E-state index in [9.17, 15) is 4.79 Å². The molecule has 1 aromatic carbocycles. The van der Waals surface area contributed by atoms with E-state index in [0.29, 0.717) is 9.23 Å². The van der Waals surface area contributed by atoms with Gasteiger partial charge in [-0.05, 0) is 43.0 Å². The molecule has 0 radical (unpaired) electrons. The normalized spacial score (nSPS) is 16.9. The highest BCUT2D eigenvalue weighted by atomic mass is 32.2. The van der Waals surface area contributed by atoms with E-state index in [1.165, 1.54) is 11.8 Å². The first-order valence-corrected chi connectivity index (χ1v) is 11.1. The molecule has 28 heavy (non-hydrogen) atoms. The molecule has 142 valence electrons. The van der Waals surface area contributed by atoms with Gasteiger partial charge < -0.3 is 0 Å². The van der Waals surface area contributed by atoms with E-state index >= 15 is 0 Å². The second-order valence-electron chi connectivity index (χ2n) is 6.50. The Hall–Kier alpha value is -2.22. The van der Waals surface area contributed by atoms with Crippen molar-refractivity contribution in [3.8, 4) is 16.3 Å². The van der Waals surface area contributed by atoms with Gasteiger partial charge in [0, 0.05) is 17.8 Å². The molecule has 2 aromatic heterocycles. The SMILES string of the molecule is CC[C@@H](C)N1C(=O)/C(=C/c2cn(-c3ccccc3)nc2-c2cccs2)SC1=S. The average Bonchev–Trinajstić information content (AvgIpc) is 3.42. The Labute approximate surface area is 177 Å². The van der Waals surface area contributed by atoms with E-state index in [2.05, 4.69) is 6.92 Å². The number of carbonyl (C=O) groups excluding carboxylic acids is 1. The zero-order chi connectivity index (χ0) is 19.7. The van der Waals surface area contributed by atoms with Crippen molar-refractivity contribution in [2.24, 2.45) is 0 Å². The summed E-state index contributed by atoms with van der Waals surface area (Å²) in [5.74, 6) is -0.0195. The van der Waals surface area contributed by atoms with Crippen LogP contribution in [0.25, 0.3) is 22.3 Å². The van der Waals surface area contributed by atoms with Gasteiger partial charge in [0.05, 0.1) is 15.5 Å². The maximum atomic E-state index is 12.9. The van der Waals surface area contributed by atoms with E-state index in [-0.39, 0.29) is 11.9 Å². The lowest BCUT2D eigenvalue weighted by molar-refractivity contribution is -0.123. The van der Waals surface area contributed by atoms with Crippen LogP contribution in [0, 0.1) is 0 Å². The molecule has 1 saturated heterocycles. The Balaban J connectivity index is 1.77. The average molecular weight is 426 g/mol. The van der Waals surface area contributed by atoms with Gasteiger partial charge in [-0.1, -0.05) is 55.2 Å². The number of hydrogen-bond donors (Lipinski definition) is 0. The molecule has 0 spiro atoms. The maximum absolute atomic E-state index is 12.9. The first kappa shape index (κ1) is 19.1. The van der Waals surface area contributed by atoms with Crippen molar-refractivity contribution in [1.29, 1.82) is 0 Å². The smallest absolute Gasteiger partial charge is 0.266 e. The van der Waals surface area contributed by atoms with Crippen LogP contribution in [0.1, 0.15) is 25.8 Å². The first-order chi connectivity index (χ1) is 13.6. The predicted octanol–water partition coefficient (Wildman–Crippen LogP) is 5.60. The highest BCUT2D eigenvalue weighted by Gasteiger charge is 2.35. The summed E-state index contributed by atoms with van der Waals surface area (Å²) in [6.07, 6.45) is 4.76. The number of aromatic nitrogens is 2. The molecule has 1 aliphatic rings. The van der Waals surface area contributed by atoms with Crippen molar-refractivity contribution in [1.82, 2.24) is 14.7 Å². The number of nitrogens with zero attached hydrogens (tertiary/aromatic N) is 3. The fraction of sp³-hybridized carbons (Fsp3) is 0.190. The van der Waals surface area contributed by atoms with Crippen molar-refractivity contribution in [2.45, 2.75) is 26.3 Å². The third-order valence-corrected chi connectivity index (χ3v) is 6.87. The largest absolute Gasteiger partial charge is 0.290 e. The number of benzene rings is 1. The Morgan fingerprint density at radius 3 is 2.68 bits per heavy atom. The minimum absolute atomic E-state index is 0.0195. The molecule has 0 unspecified atom stereocenters. The van der Waals surface area contributed by atoms with Gasteiger partial charge in [0.1, 0.15) is 10.0 Å². The van der Waals surface area contributed by atoms with Crippen LogP contribution >= 0.6 is 35.3 Å². The quantitative estimate of drug-likeness (QED) is 0.394. The molecule has 1 amide bonds. The lowest BCUT2D eigenvalue weighted by Gasteiger charge is -2.21. The summed E-state index contributed by atoms with van der Waals surface area (Å²) in [5.41, 5.74) is 2.76. The molecule has 4 nitrogen and oxygen atoms in total. The van der Waals surface area contributed by atoms with Crippen molar-refractivity contribution >= 4 is 51.6 Å². The summed E-state index contributed by atoms with van der Waals surface area (Å²) in [5, 5.41) is 6.83. The minimum atomic E-state index is -0.0195. The molecule has 1 aliphatic heterocycles. The summed E-state index contributed by atoms with van der Waals surface area (Å²) >= 11 is 8.46. The van der Waals surface area contributed by atoms with E-state index in [1.54, 1.807) is 16.2 Å². The van der Waals surface area contributed by atoms with E-state index in [1.807, 2.05) is 71.7 Å². The van der Waals surface area contributed by atoms with Crippen molar-refractivity contribution in [3.63, 3.8) is 0 Å². The molecule has 1 fully saturated rings. The molecule has 1 atom stereocenters. The van der Waals surface area contributed by atoms with Crippen LogP contribution < -0.4 is 0 Å². The summed E-state index contributed by atoms with van der Waals surface area (Å²) in [6, 6.07) is 14.1. The summed E-state index contributed by atoms with van der Waals surface area (Å²) in [7, 11) is 0. The number of hydrogen-bond acceptors (Lipinski definition) is 5. The van der Waals surface area contributed by atoms with Crippen molar-refractivity contribution in [2.75, 3.05) is 0 Å². The maximum Gasteiger partial charge on any atom is 0.266 e. The topological polar surface area (TPSA) is 38.1 Å². The van der Waals surface area contributed by atoms with Gasteiger partial charge in [0.25, 0.3) is 5.91 Å². The molecular weight excluding hydrogens is 406 g/mol. The van der Waals surface area contributed by atoms with Crippen molar-refractivity contribution in [3.05, 3.63) is 64.5 Å². The molecule has 0 saturated carbocycles. The van der Waals surface area contributed by atoms with E-state index < -0.39 is 0 Å². The molecule has 0 N–H and O–H groups in total. The standard InChI is InChI=1S/C21H19N3OS3/c1-3-14(2)24-20(25)18(28-21(24)26)12-15-13-23(16-8-5-4-6-9-16)22-19(15)17-10-7-11-27-17/h4-14H,3H2,1-2H3/b18-12-/t14-/m1/s1. The van der Waals surface area contributed by atoms with Gasteiger partial charge in [-0.3, -0.25) is 9.69 Å². The van der Waals surface area contributed by atoms with Crippen LogP contribution in [0.5, 0.6) is 0 Å². The lowest BCUT2D eigenvalue weighted by atomic mass is 10.2. The molecule has 3 aromatic rings. The minimum Gasteiger partial charge on any atom is -0.290 e. The van der Waals surface area contributed by atoms with Gasteiger partial charge in [-0.15, -0.1) is 11.3 Å². The van der Waals surface area contributed by atoms with Crippen LogP contribution in [0.4, 0.5) is 0 Å². The van der Waals surface area contributed by atoms with Gasteiger partial charge in [0.2, 0.25) is 0 Å². The molecule has 7 heteroatoms. The second kappa shape index (κ2) is 8.03. The second-order valence-corrected chi connectivity index (χ2v) is 9.12. The number of carbonyl (C=O) groups is 1. The lowest BCUT2D eigenvalue weighted by Crippen LogP contribution is -2.36. The Morgan fingerprint density at radius 1 is 1.21 bits per heavy atom. The number of amides is 1.